The van der Waals surface area contributed by atoms with Crippen LogP contribution >= 0.6 is 0 Å². The second-order valence-corrected chi connectivity index (χ2v) is 5.54. The second-order valence-electron chi connectivity index (χ2n) is 5.54. The molecule has 0 amide bonds. The van der Waals surface area contributed by atoms with Gasteiger partial charge in [-0.3, -0.25) is 14.7 Å². The van der Waals surface area contributed by atoms with Crippen molar-refractivity contribution in [2.24, 2.45) is 0 Å². The third-order valence-electron chi connectivity index (χ3n) is 4.09. The number of methoxy groups -OCH3 is 2. The van der Waals surface area contributed by atoms with Crippen molar-refractivity contribution in [1.29, 1.82) is 0 Å². The predicted octanol–water partition coefficient (Wildman–Crippen LogP) is 1.83. The van der Waals surface area contributed by atoms with E-state index in [1.54, 1.807) is 30.3 Å². The van der Waals surface area contributed by atoms with Crippen LogP contribution in [0.2, 0.25) is 0 Å². The number of carbonyl (C=O) groups is 2. The molecule has 0 radical (unpaired) electrons. The molecule has 0 saturated heterocycles. The first-order valence-corrected chi connectivity index (χ1v) is 7.57. The first kappa shape index (κ1) is 16.1. The van der Waals surface area contributed by atoms with Crippen molar-refractivity contribution < 1.29 is 19.1 Å². The monoisotopic (exact) mass is 326 g/mol. The van der Waals surface area contributed by atoms with Crippen molar-refractivity contribution in [1.82, 2.24) is 9.88 Å². The smallest absolute Gasteiger partial charge is 0.331 e. The van der Waals surface area contributed by atoms with Crippen molar-refractivity contribution in [3.8, 4) is 5.75 Å². The Hall–Kier alpha value is -2.73. The lowest BCUT2D eigenvalue weighted by Gasteiger charge is -2.33. The van der Waals surface area contributed by atoms with Crippen molar-refractivity contribution in [2.75, 3.05) is 14.2 Å². The molecule has 6 heteroatoms. The topological polar surface area (TPSA) is 68.7 Å². The fourth-order valence-corrected chi connectivity index (χ4v) is 2.87. The summed E-state index contributed by atoms with van der Waals surface area (Å²) in [6, 6.07) is 9.96. The molecule has 1 aliphatic heterocycles. The van der Waals surface area contributed by atoms with Gasteiger partial charge in [-0.15, -0.1) is 0 Å². The number of hydrogen-bond donors (Lipinski definition) is 0. The third-order valence-corrected chi connectivity index (χ3v) is 4.09. The van der Waals surface area contributed by atoms with Gasteiger partial charge in [0.25, 0.3) is 0 Å². The highest BCUT2D eigenvalue weighted by Gasteiger charge is 2.39. The summed E-state index contributed by atoms with van der Waals surface area (Å²) >= 11 is 0. The van der Waals surface area contributed by atoms with E-state index in [1.807, 2.05) is 24.3 Å². The number of ether oxygens (including phenoxy) is 2. The molecule has 2 heterocycles. The van der Waals surface area contributed by atoms with E-state index < -0.39 is 12.0 Å². The van der Waals surface area contributed by atoms with Gasteiger partial charge in [0.15, 0.2) is 11.8 Å². The molecule has 1 atom stereocenters. The lowest BCUT2D eigenvalue weighted by atomic mass is 9.95. The van der Waals surface area contributed by atoms with E-state index in [9.17, 15) is 9.59 Å². The Bertz CT molecular complexity index is 758. The Labute approximate surface area is 140 Å². The molecule has 2 aromatic rings. The highest BCUT2D eigenvalue weighted by molar-refractivity contribution is 6.13. The van der Waals surface area contributed by atoms with Gasteiger partial charge in [-0.05, 0) is 29.8 Å². The van der Waals surface area contributed by atoms with Gasteiger partial charge in [0.05, 0.1) is 19.9 Å². The largest absolute Gasteiger partial charge is 0.497 e. The predicted molar refractivity (Wildman–Crippen MR) is 86.6 cm³/mol. The Kier molecular flexibility index (Phi) is 4.57. The minimum Gasteiger partial charge on any atom is -0.497 e. The lowest BCUT2D eigenvalue weighted by Crippen LogP contribution is -2.50. The summed E-state index contributed by atoms with van der Waals surface area (Å²) in [6.07, 6.45) is 1.65. The van der Waals surface area contributed by atoms with E-state index in [0.29, 0.717) is 24.3 Å². The molecule has 0 spiro atoms. The van der Waals surface area contributed by atoms with Crippen LogP contribution < -0.4 is 4.74 Å². The minimum absolute atomic E-state index is 0.273. The summed E-state index contributed by atoms with van der Waals surface area (Å²) < 4.78 is 9.99. The standard InChI is InChI=1S/C18H18N2O4/c1-23-13-7-5-12(6-8-13)10-20-11-15-14(4-3-9-19-15)17(21)16(20)18(22)24-2/h3-9,16H,10-11H2,1-2H3. The number of hydrogen-bond acceptors (Lipinski definition) is 6. The van der Waals surface area contributed by atoms with Gasteiger partial charge >= 0.3 is 5.97 Å². The van der Waals surface area contributed by atoms with Crippen LogP contribution in [-0.4, -0.2) is 41.9 Å². The molecule has 124 valence electrons. The maximum Gasteiger partial charge on any atom is 0.331 e. The van der Waals surface area contributed by atoms with Crippen LogP contribution in [0.15, 0.2) is 42.6 Å². The molecule has 0 saturated carbocycles. The Morgan fingerprint density at radius 2 is 2.00 bits per heavy atom. The van der Waals surface area contributed by atoms with Crippen LogP contribution in [0.1, 0.15) is 21.6 Å². The summed E-state index contributed by atoms with van der Waals surface area (Å²) in [4.78, 5) is 30.9. The molecule has 1 unspecified atom stereocenters. The molecule has 24 heavy (non-hydrogen) atoms. The fourth-order valence-electron chi connectivity index (χ4n) is 2.87. The molecule has 0 bridgehead atoms. The van der Waals surface area contributed by atoms with Gasteiger partial charge in [0.1, 0.15) is 5.75 Å². The molecule has 0 fully saturated rings. The van der Waals surface area contributed by atoms with Gasteiger partial charge in [-0.1, -0.05) is 12.1 Å². The van der Waals surface area contributed by atoms with E-state index >= 15 is 0 Å². The van der Waals surface area contributed by atoms with Gasteiger partial charge in [0.2, 0.25) is 0 Å². The maximum atomic E-state index is 12.7. The van der Waals surface area contributed by atoms with E-state index in [4.69, 9.17) is 9.47 Å². The maximum absolute atomic E-state index is 12.7. The summed E-state index contributed by atoms with van der Waals surface area (Å²) in [5.74, 6) is -0.0715. The van der Waals surface area contributed by atoms with E-state index in [1.165, 1.54) is 7.11 Å². The highest BCUT2D eigenvalue weighted by atomic mass is 16.5. The van der Waals surface area contributed by atoms with Gasteiger partial charge in [-0.25, -0.2) is 4.79 Å². The number of fused-ring (bicyclic) bond motifs is 1. The minimum atomic E-state index is -0.950. The van der Waals surface area contributed by atoms with E-state index in [0.717, 1.165) is 11.3 Å². The van der Waals surface area contributed by atoms with Crippen LogP contribution in [0.3, 0.4) is 0 Å². The number of Topliss-reactive ketones (excluding diaryl/α,β-unsaturated/α-hetero) is 1. The molecule has 3 rings (SSSR count). The van der Waals surface area contributed by atoms with Gasteiger partial charge in [0, 0.05) is 24.8 Å². The van der Waals surface area contributed by atoms with Crippen molar-refractivity contribution >= 4 is 11.8 Å². The summed E-state index contributed by atoms with van der Waals surface area (Å²) in [5, 5.41) is 0. The summed E-state index contributed by atoms with van der Waals surface area (Å²) in [7, 11) is 2.90. The van der Waals surface area contributed by atoms with Crippen LogP contribution in [0.4, 0.5) is 0 Å². The number of ketones is 1. The van der Waals surface area contributed by atoms with Gasteiger partial charge in [-0.2, -0.15) is 0 Å². The Balaban J connectivity index is 1.91. The normalized spacial score (nSPS) is 17.2. The zero-order valence-corrected chi connectivity index (χ0v) is 13.6. The molecule has 6 nitrogen and oxygen atoms in total. The summed E-state index contributed by atoms with van der Waals surface area (Å²) in [6.45, 7) is 0.846. The molecule has 1 aromatic carbocycles. The lowest BCUT2D eigenvalue weighted by molar-refractivity contribution is -0.145. The molecule has 0 aliphatic carbocycles. The van der Waals surface area contributed by atoms with E-state index in [2.05, 4.69) is 4.98 Å². The molecular formula is C18H18N2O4. The average Bonchev–Trinajstić information content (AvgIpc) is 2.62. The molecule has 0 N–H and O–H groups in total. The third kappa shape index (κ3) is 3.00. The zero-order valence-electron chi connectivity index (χ0n) is 13.6. The van der Waals surface area contributed by atoms with E-state index in [-0.39, 0.29) is 5.78 Å². The number of esters is 1. The summed E-state index contributed by atoms with van der Waals surface area (Å²) in [5.41, 5.74) is 2.13. The number of aromatic nitrogens is 1. The molecular weight excluding hydrogens is 308 g/mol. The first-order valence-electron chi connectivity index (χ1n) is 7.57. The van der Waals surface area contributed by atoms with Crippen molar-refractivity contribution in [3.63, 3.8) is 0 Å². The highest BCUT2D eigenvalue weighted by Crippen LogP contribution is 2.25. The number of nitrogens with zero attached hydrogens (tertiary/aromatic N) is 2. The quantitative estimate of drug-likeness (QED) is 0.631. The van der Waals surface area contributed by atoms with Gasteiger partial charge < -0.3 is 9.47 Å². The van der Waals surface area contributed by atoms with Crippen molar-refractivity contribution in [2.45, 2.75) is 19.1 Å². The number of rotatable bonds is 4. The number of benzene rings is 1. The van der Waals surface area contributed by atoms with Crippen LogP contribution in [0.5, 0.6) is 5.75 Å². The van der Waals surface area contributed by atoms with Crippen LogP contribution in [0.25, 0.3) is 0 Å². The molecule has 1 aromatic heterocycles. The van der Waals surface area contributed by atoms with Crippen LogP contribution in [0, 0.1) is 0 Å². The zero-order chi connectivity index (χ0) is 17.1. The SMILES string of the molecule is COC(=O)C1C(=O)c2cccnc2CN1Cc1ccc(OC)cc1. The Morgan fingerprint density at radius 1 is 1.25 bits per heavy atom. The number of carbonyl (C=O) groups excluding carboxylic acids is 2. The average molecular weight is 326 g/mol. The first-order chi connectivity index (χ1) is 11.6. The Morgan fingerprint density at radius 3 is 2.67 bits per heavy atom. The fraction of sp³-hybridized carbons (Fsp3) is 0.278. The number of pyridine rings is 1. The van der Waals surface area contributed by atoms with Crippen molar-refractivity contribution in [3.05, 3.63) is 59.4 Å². The second kappa shape index (κ2) is 6.80. The molecule has 1 aliphatic rings. The van der Waals surface area contributed by atoms with Crippen LogP contribution in [-0.2, 0) is 22.6 Å².